The molecular formula is C18H21NO7. The van der Waals surface area contributed by atoms with Crippen LogP contribution >= 0.6 is 0 Å². The number of benzene rings is 1. The Kier molecular flexibility index (Phi) is 4.24. The molecule has 8 heteroatoms. The molecule has 1 saturated carbocycles. The van der Waals surface area contributed by atoms with Gasteiger partial charge in [-0.2, -0.15) is 0 Å². The lowest BCUT2D eigenvalue weighted by atomic mass is 9.72. The Hall–Kier alpha value is -2.32. The zero-order chi connectivity index (χ0) is 18.4. The van der Waals surface area contributed by atoms with Gasteiger partial charge in [-0.3, -0.25) is 4.79 Å². The van der Waals surface area contributed by atoms with E-state index in [0.717, 1.165) is 11.1 Å². The van der Waals surface area contributed by atoms with Crippen molar-refractivity contribution < 1.29 is 34.0 Å². The number of esters is 1. The lowest BCUT2D eigenvalue weighted by molar-refractivity contribution is -0.163. The maximum atomic E-state index is 12.6. The van der Waals surface area contributed by atoms with Crippen molar-refractivity contribution in [3.63, 3.8) is 0 Å². The topological polar surface area (TPSA) is 106 Å². The highest BCUT2D eigenvalue weighted by molar-refractivity contribution is 6.32. The normalized spacial score (nSPS) is 29.0. The molecule has 1 amide bonds. The molecule has 3 aliphatic rings. The van der Waals surface area contributed by atoms with Gasteiger partial charge in [0.1, 0.15) is 0 Å². The summed E-state index contributed by atoms with van der Waals surface area (Å²) in [5, 5.41) is 20.3. The molecule has 2 heterocycles. The van der Waals surface area contributed by atoms with Gasteiger partial charge in [-0.1, -0.05) is 0 Å². The molecule has 26 heavy (non-hydrogen) atoms. The van der Waals surface area contributed by atoms with E-state index in [4.69, 9.17) is 14.2 Å². The molecule has 2 aliphatic heterocycles. The van der Waals surface area contributed by atoms with Crippen LogP contribution in [0.25, 0.3) is 0 Å². The van der Waals surface area contributed by atoms with Crippen molar-refractivity contribution in [3.8, 4) is 11.5 Å². The van der Waals surface area contributed by atoms with Crippen LogP contribution in [0.15, 0.2) is 12.1 Å². The summed E-state index contributed by atoms with van der Waals surface area (Å²) >= 11 is 0. The predicted molar refractivity (Wildman–Crippen MR) is 87.5 cm³/mol. The Labute approximate surface area is 150 Å². The van der Waals surface area contributed by atoms with Gasteiger partial charge in [0.05, 0.1) is 18.8 Å². The van der Waals surface area contributed by atoms with Gasteiger partial charge in [0.25, 0.3) is 0 Å². The molecule has 0 aromatic heterocycles. The van der Waals surface area contributed by atoms with E-state index in [1.807, 2.05) is 12.1 Å². The van der Waals surface area contributed by atoms with Gasteiger partial charge in [0, 0.05) is 18.5 Å². The Morgan fingerprint density at radius 1 is 1.19 bits per heavy atom. The molecule has 0 bridgehead atoms. The molecule has 1 fully saturated rings. The molecule has 4 rings (SSSR count). The Bertz CT molecular complexity index is 749. The second-order valence-corrected chi connectivity index (χ2v) is 6.84. The summed E-state index contributed by atoms with van der Waals surface area (Å²) in [5.41, 5.74) is 1.80. The summed E-state index contributed by atoms with van der Waals surface area (Å²) in [6.07, 6.45) is -1.33. The molecule has 1 aromatic carbocycles. The number of nitrogens with zero attached hydrogens (tertiary/aromatic N) is 1. The molecule has 0 radical (unpaired) electrons. The van der Waals surface area contributed by atoms with E-state index in [1.165, 1.54) is 4.90 Å². The Morgan fingerprint density at radius 2 is 1.88 bits per heavy atom. The summed E-state index contributed by atoms with van der Waals surface area (Å²) < 4.78 is 15.7. The quantitative estimate of drug-likeness (QED) is 0.546. The second kappa shape index (κ2) is 6.44. The first-order valence-corrected chi connectivity index (χ1v) is 8.75. The number of ether oxygens (including phenoxy) is 3. The SMILES string of the molecule is CCOC(=O)C(=O)N1Cc2cc3c(cc2[C@H]2C[C@@H](O)[C@@H](O)C[C@H]21)OCO3. The average molecular weight is 363 g/mol. The van der Waals surface area contributed by atoms with E-state index in [2.05, 4.69) is 0 Å². The number of hydrogen-bond acceptors (Lipinski definition) is 7. The highest BCUT2D eigenvalue weighted by Gasteiger charge is 2.46. The van der Waals surface area contributed by atoms with Crippen molar-refractivity contribution in [3.05, 3.63) is 23.3 Å². The number of carbonyl (C=O) groups is 2. The lowest BCUT2D eigenvalue weighted by Gasteiger charge is -2.47. The van der Waals surface area contributed by atoms with Crippen LogP contribution < -0.4 is 9.47 Å². The van der Waals surface area contributed by atoms with Crippen LogP contribution in [0.1, 0.15) is 36.8 Å². The zero-order valence-electron chi connectivity index (χ0n) is 14.4. The smallest absolute Gasteiger partial charge is 0.397 e. The van der Waals surface area contributed by atoms with Crippen molar-refractivity contribution in [2.45, 2.75) is 50.5 Å². The van der Waals surface area contributed by atoms with E-state index in [1.54, 1.807) is 6.92 Å². The molecular weight excluding hydrogens is 342 g/mol. The van der Waals surface area contributed by atoms with E-state index in [9.17, 15) is 19.8 Å². The number of carbonyl (C=O) groups excluding carboxylic acids is 2. The third-order valence-corrected chi connectivity index (χ3v) is 5.37. The predicted octanol–water partition coefficient (Wildman–Crippen LogP) is 0.288. The number of amides is 1. The highest BCUT2D eigenvalue weighted by atomic mass is 16.7. The fourth-order valence-electron chi connectivity index (χ4n) is 4.14. The molecule has 140 valence electrons. The fraction of sp³-hybridized carbons (Fsp3) is 0.556. The van der Waals surface area contributed by atoms with Gasteiger partial charge in [0.15, 0.2) is 11.5 Å². The fourth-order valence-corrected chi connectivity index (χ4v) is 4.14. The molecule has 2 N–H and O–H groups in total. The molecule has 1 aromatic rings. The van der Waals surface area contributed by atoms with E-state index < -0.39 is 30.1 Å². The molecule has 8 nitrogen and oxygen atoms in total. The summed E-state index contributed by atoms with van der Waals surface area (Å²) in [6.45, 7) is 2.11. The second-order valence-electron chi connectivity index (χ2n) is 6.84. The largest absolute Gasteiger partial charge is 0.459 e. The van der Waals surface area contributed by atoms with Crippen LogP contribution in [-0.2, 0) is 20.9 Å². The molecule has 0 unspecified atom stereocenters. The average Bonchev–Trinajstić information content (AvgIpc) is 3.07. The first-order valence-electron chi connectivity index (χ1n) is 8.75. The van der Waals surface area contributed by atoms with Crippen LogP contribution in [0.2, 0.25) is 0 Å². The van der Waals surface area contributed by atoms with Gasteiger partial charge < -0.3 is 29.3 Å². The Balaban J connectivity index is 1.73. The monoisotopic (exact) mass is 363 g/mol. The standard InChI is InChI=1S/C18H21NO7/c1-2-24-18(23)17(22)19-7-9-3-15-16(26-8-25-15)5-10(9)11-4-13(20)14(21)6-12(11)19/h3,5,11-14,20-21H,2,4,6-8H2,1H3/t11-,12-,13-,14+/m1/s1. The summed E-state index contributed by atoms with van der Waals surface area (Å²) in [7, 11) is 0. The first kappa shape index (κ1) is 17.1. The molecule has 0 saturated heterocycles. The molecule has 4 atom stereocenters. The summed E-state index contributed by atoms with van der Waals surface area (Å²) in [5.74, 6) is -0.606. The van der Waals surface area contributed by atoms with Crippen molar-refractivity contribution in [1.29, 1.82) is 0 Å². The van der Waals surface area contributed by atoms with E-state index in [-0.39, 0.29) is 32.3 Å². The van der Waals surface area contributed by atoms with Gasteiger partial charge in [0.2, 0.25) is 6.79 Å². The van der Waals surface area contributed by atoms with Crippen LogP contribution in [0.3, 0.4) is 0 Å². The van der Waals surface area contributed by atoms with Gasteiger partial charge in [-0.25, -0.2) is 4.79 Å². The van der Waals surface area contributed by atoms with Crippen molar-refractivity contribution in [1.82, 2.24) is 4.90 Å². The lowest BCUT2D eigenvalue weighted by Crippen LogP contribution is -2.55. The van der Waals surface area contributed by atoms with Crippen molar-refractivity contribution in [2.75, 3.05) is 13.4 Å². The van der Waals surface area contributed by atoms with Crippen molar-refractivity contribution >= 4 is 11.9 Å². The summed E-state index contributed by atoms with van der Waals surface area (Å²) in [4.78, 5) is 26.1. The maximum absolute atomic E-state index is 12.6. The van der Waals surface area contributed by atoms with E-state index in [0.29, 0.717) is 17.9 Å². The highest BCUT2D eigenvalue weighted by Crippen LogP contribution is 2.46. The summed E-state index contributed by atoms with van der Waals surface area (Å²) in [6, 6.07) is 3.31. The third kappa shape index (κ3) is 2.69. The van der Waals surface area contributed by atoms with Crippen LogP contribution in [0.4, 0.5) is 0 Å². The first-order chi connectivity index (χ1) is 12.5. The third-order valence-electron chi connectivity index (χ3n) is 5.37. The minimum Gasteiger partial charge on any atom is -0.459 e. The van der Waals surface area contributed by atoms with E-state index >= 15 is 0 Å². The number of fused-ring (bicyclic) bond motifs is 4. The minimum atomic E-state index is -0.940. The van der Waals surface area contributed by atoms with Crippen LogP contribution in [0, 0.1) is 0 Å². The Morgan fingerprint density at radius 3 is 2.62 bits per heavy atom. The number of aliphatic hydroxyl groups excluding tert-OH is 2. The minimum absolute atomic E-state index is 0.114. The molecule has 1 aliphatic carbocycles. The van der Waals surface area contributed by atoms with Crippen molar-refractivity contribution in [2.24, 2.45) is 0 Å². The van der Waals surface area contributed by atoms with Crippen LogP contribution in [-0.4, -0.2) is 58.6 Å². The number of rotatable bonds is 1. The molecule has 0 spiro atoms. The number of hydrogen-bond donors (Lipinski definition) is 2. The van der Waals surface area contributed by atoms with Gasteiger partial charge in [-0.15, -0.1) is 0 Å². The van der Waals surface area contributed by atoms with Crippen LogP contribution in [0.5, 0.6) is 11.5 Å². The number of aliphatic hydroxyl groups is 2. The maximum Gasteiger partial charge on any atom is 0.397 e. The van der Waals surface area contributed by atoms with Gasteiger partial charge >= 0.3 is 11.9 Å². The van der Waals surface area contributed by atoms with Gasteiger partial charge in [-0.05, 0) is 43.0 Å². The zero-order valence-corrected chi connectivity index (χ0v) is 14.4.